The van der Waals surface area contributed by atoms with Gasteiger partial charge in [-0.1, -0.05) is 0 Å². The Kier molecular flexibility index (Phi) is 2.01. The van der Waals surface area contributed by atoms with Crippen LogP contribution in [0, 0.1) is 13.8 Å². The standard InChI is InChI=1S/C12H15N3O/c1-7-11-8(2)14-12(9-5-10(16)6-9)15(11)4-3-13-7/h3-4,9-10,16H,5-6H2,1-2H3. The van der Waals surface area contributed by atoms with Gasteiger partial charge in [-0.05, 0) is 26.7 Å². The van der Waals surface area contributed by atoms with E-state index in [1.165, 1.54) is 0 Å². The maximum Gasteiger partial charge on any atom is 0.116 e. The molecule has 4 nitrogen and oxygen atoms in total. The van der Waals surface area contributed by atoms with Crippen LogP contribution in [0.15, 0.2) is 12.4 Å². The SMILES string of the molecule is Cc1nccn2c(C3CC(O)C3)nc(C)c12. The van der Waals surface area contributed by atoms with E-state index in [2.05, 4.69) is 14.4 Å². The lowest BCUT2D eigenvalue weighted by Crippen LogP contribution is -2.27. The molecule has 1 saturated carbocycles. The summed E-state index contributed by atoms with van der Waals surface area (Å²) in [6, 6.07) is 0. The predicted molar refractivity (Wildman–Crippen MR) is 60.4 cm³/mol. The van der Waals surface area contributed by atoms with Gasteiger partial charge in [0.1, 0.15) is 5.82 Å². The van der Waals surface area contributed by atoms with E-state index >= 15 is 0 Å². The van der Waals surface area contributed by atoms with Crippen molar-refractivity contribution in [3.8, 4) is 0 Å². The van der Waals surface area contributed by atoms with Crippen molar-refractivity contribution >= 4 is 5.52 Å². The Morgan fingerprint density at radius 2 is 2.06 bits per heavy atom. The zero-order valence-corrected chi connectivity index (χ0v) is 9.51. The summed E-state index contributed by atoms with van der Waals surface area (Å²) < 4.78 is 2.12. The molecule has 0 aromatic carbocycles. The number of aromatic nitrogens is 3. The number of aryl methyl sites for hydroxylation is 2. The van der Waals surface area contributed by atoms with Crippen molar-refractivity contribution in [2.45, 2.75) is 38.7 Å². The van der Waals surface area contributed by atoms with Crippen molar-refractivity contribution in [2.24, 2.45) is 0 Å². The molecule has 0 amide bonds. The third-order valence-corrected chi connectivity index (χ3v) is 3.42. The van der Waals surface area contributed by atoms with Gasteiger partial charge in [0, 0.05) is 18.3 Å². The zero-order chi connectivity index (χ0) is 11.3. The summed E-state index contributed by atoms with van der Waals surface area (Å²) in [5, 5.41) is 9.36. The largest absolute Gasteiger partial charge is 0.393 e. The predicted octanol–water partition coefficient (Wildman–Crippen LogP) is 1.58. The Labute approximate surface area is 94.0 Å². The fourth-order valence-corrected chi connectivity index (χ4v) is 2.51. The van der Waals surface area contributed by atoms with Crippen LogP contribution in [0.3, 0.4) is 0 Å². The number of nitrogens with zero attached hydrogens (tertiary/aromatic N) is 3. The first-order valence-electron chi connectivity index (χ1n) is 5.65. The second kappa shape index (κ2) is 3.28. The summed E-state index contributed by atoms with van der Waals surface area (Å²) >= 11 is 0. The number of hydrogen-bond donors (Lipinski definition) is 1. The molecule has 16 heavy (non-hydrogen) atoms. The molecule has 1 N–H and O–H groups in total. The summed E-state index contributed by atoms with van der Waals surface area (Å²) in [6.45, 7) is 4.02. The Morgan fingerprint density at radius 3 is 2.75 bits per heavy atom. The van der Waals surface area contributed by atoms with Crippen LogP contribution in [0.4, 0.5) is 0 Å². The molecule has 2 heterocycles. The van der Waals surface area contributed by atoms with Crippen LogP contribution < -0.4 is 0 Å². The minimum Gasteiger partial charge on any atom is -0.393 e. The fraction of sp³-hybridized carbons (Fsp3) is 0.500. The number of aliphatic hydroxyl groups excluding tert-OH is 1. The molecule has 84 valence electrons. The van der Waals surface area contributed by atoms with Crippen molar-refractivity contribution < 1.29 is 5.11 Å². The van der Waals surface area contributed by atoms with Gasteiger partial charge in [0.25, 0.3) is 0 Å². The second-order valence-corrected chi connectivity index (χ2v) is 4.61. The molecule has 1 aliphatic carbocycles. The van der Waals surface area contributed by atoms with E-state index in [4.69, 9.17) is 0 Å². The lowest BCUT2D eigenvalue weighted by molar-refractivity contribution is 0.0715. The van der Waals surface area contributed by atoms with Gasteiger partial charge in [-0.2, -0.15) is 0 Å². The monoisotopic (exact) mass is 217 g/mol. The van der Waals surface area contributed by atoms with Crippen LogP contribution in [-0.4, -0.2) is 25.6 Å². The third-order valence-electron chi connectivity index (χ3n) is 3.42. The lowest BCUT2D eigenvalue weighted by Gasteiger charge is -2.30. The van der Waals surface area contributed by atoms with Crippen molar-refractivity contribution in [2.75, 3.05) is 0 Å². The first-order valence-corrected chi connectivity index (χ1v) is 5.65. The van der Waals surface area contributed by atoms with Crippen molar-refractivity contribution in [3.05, 3.63) is 29.6 Å². The van der Waals surface area contributed by atoms with Crippen molar-refractivity contribution in [1.82, 2.24) is 14.4 Å². The molecule has 1 aliphatic rings. The van der Waals surface area contributed by atoms with Gasteiger partial charge in [-0.3, -0.25) is 9.38 Å². The van der Waals surface area contributed by atoms with E-state index in [9.17, 15) is 5.11 Å². The summed E-state index contributed by atoms with van der Waals surface area (Å²) in [5.41, 5.74) is 3.15. The molecule has 0 saturated heterocycles. The van der Waals surface area contributed by atoms with E-state index in [0.29, 0.717) is 5.92 Å². The maximum absolute atomic E-state index is 9.36. The molecular formula is C12H15N3O. The van der Waals surface area contributed by atoms with E-state index in [1.54, 1.807) is 0 Å². The molecule has 0 unspecified atom stereocenters. The summed E-state index contributed by atoms with van der Waals surface area (Å²) in [5.74, 6) is 1.47. The van der Waals surface area contributed by atoms with Gasteiger partial charge < -0.3 is 5.11 Å². The van der Waals surface area contributed by atoms with Crippen LogP contribution in [0.5, 0.6) is 0 Å². The Hall–Kier alpha value is -1.42. The van der Waals surface area contributed by atoms with Crippen LogP contribution in [0.25, 0.3) is 5.52 Å². The Bertz CT molecular complexity index is 540. The summed E-state index contributed by atoms with van der Waals surface area (Å²) in [4.78, 5) is 8.91. The quantitative estimate of drug-likeness (QED) is 0.789. The fourth-order valence-electron chi connectivity index (χ4n) is 2.51. The van der Waals surface area contributed by atoms with Crippen LogP contribution in [0.2, 0.25) is 0 Å². The van der Waals surface area contributed by atoms with Gasteiger partial charge in [0.2, 0.25) is 0 Å². The smallest absolute Gasteiger partial charge is 0.116 e. The molecule has 0 atom stereocenters. The molecule has 2 aromatic rings. The van der Waals surface area contributed by atoms with E-state index in [0.717, 1.165) is 35.6 Å². The topological polar surface area (TPSA) is 50.4 Å². The van der Waals surface area contributed by atoms with E-state index < -0.39 is 0 Å². The maximum atomic E-state index is 9.36. The molecule has 0 bridgehead atoms. The van der Waals surface area contributed by atoms with E-state index in [-0.39, 0.29) is 6.10 Å². The average molecular weight is 217 g/mol. The molecule has 0 spiro atoms. The highest BCUT2D eigenvalue weighted by atomic mass is 16.3. The number of aliphatic hydroxyl groups is 1. The first kappa shape index (κ1) is 9.78. The van der Waals surface area contributed by atoms with Gasteiger partial charge in [-0.15, -0.1) is 0 Å². The van der Waals surface area contributed by atoms with Crippen molar-refractivity contribution in [3.63, 3.8) is 0 Å². The molecule has 3 rings (SSSR count). The van der Waals surface area contributed by atoms with Gasteiger partial charge in [0.05, 0.1) is 23.0 Å². The first-order chi connectivity index (χ1) is 7.66. The lowest BCUT2D eigenvalue weighted by atomic mass is 9.82. The number of rotatable bonds is 1. The van der Waals surface area contributed by atoms with E-state index in [1.807, 2.05) is 26.2 Å². The highest BCUT2D eigenvalue weighted by Crippen LogP contribution is 2.36. The third kappa shape index (κ3) is 1.26. The van der Waals surface area contributed by atoms with Gasteiger partial charge in [0.15, 0.2) is 0 Å². The number of fused-ring (bicyclic) bond motifs is 1. The van der Waals surface area contributed by atoms with Gasteiger partial charge in [-0.25, -0.2) is 4.98 Å². The van der Waals surface area contributed by atoms with Crippen molar-refractivity contribution in [1.29, 1.82) is 0 Å². The Morgan fingerprint density at radius 1 is 1.31 bits per heavy atom. The molecule has 1 fully saturated rings. The minimum atomic E-state index is -0.138. The number of hydrogen-bond acceptors (Lipinski definition) is 3. The summed E-state index contributed by atoms with van der Waals surface area (Å²) in [7, 11) is 0. The van der Waals surface area contributed by atoms with Crippen LogP contribution in [0.1, 0.15) is 36.0 Å². The number of imidazole rings is 1. The second-order valence-electron chi connectivity index (χ2n) is 4.61. The molecular weight excluding hydrogens is 202 g/mol. The molecule has 2 aromatic heterocycles. The normalized spacial score (nSPS) is 24.7. The molecule has 4 heteroatoms. The average Bonchev–Trinajstić information content (AvgIpc) is 2.53. The highest BCUT2D eigenvalue weighted by Gasteiger charge is 2.32. The van der Waals surface area contributed by atoms with Crippen LogP contribution >= 0.6 is 0 Å². The summed E-state index contributed by atoms with van der Waals surface area (Å²) in [6.07, 6.45) is 5.30. The van der Waals surface area contributed by atoms with Gasteiger partial charge >= 0.3 is 0 Å². The Balaban J connectivity index is 2.16. The zero-order valence-electron chi connectivity index (χ0n) is 9.51. The molecule has 0 aliphatic heterocycles. The highest BCUT2D eigenvalue weighted by molar-refractivity contribution is 5.56. The molecule has 0 radical (unpaired) electrons. The van der Waals surface area contributed by atoms with Crippen LogP contribution in [-0.2, 0) is 0 Å². The minimum absolute atomic E-state index is 0.138.